The molecule has 1 saturated heterocycles. The van der Waals surface area contributed by atoms with E-state index < -0.39 is 72.0 Å². The van der Waals surface area contributed by atoms with Crippen LogP contribution in [-0.2, 0) is 63.7 Å². The number of primary amides is 1. The Balaban J connectivity index is 1.32. The number of H-pyrrole nitrogens is 1. The first-order chi connectivity index (χ1) is 34.8. The molecular formula is C53H84N8O12. The van der Waals surface area contributed by atoms with E-state index in [2.05, 4.69) is 22.5 Å². The number of fused-ring (bicyclic) bond motifs is 1. The number of nitrogens with one attached hydrogen (secondary N) is 3. The molecule has 73 heavy (non-hydrogen) atoms. The van der Waals surface area contributed by atoms with Gasteiger partial charge in [0.15, 0.2) is 0 Å². The van der Waals surface area contributed by atoms with Gasteiger partial charge in [0, 0.05) is 69.0 Å². The van der Waals surface area contributed by atoms with Crippen molar-refractivity contribution in [2.24, 2.45) is 29.4 Å². The second-order valence-corrected chi connectivity index (χ2v) is 20.0. The standard InChI is InChI=1S/C53H84N8O12/c1-12-35(6)48(42(69-10)31-45(64)60-21-15-18-41(60)49(70-11)36(7)51(66)56-40(50(54)65)30-37-32-55-39-17-14-13-16-38(37)39)59(9)47(34(4)5)53(68)57-52(67)46(33(2)3)58(8)22-24-71-26-28-73-29-27-72-25-23-61-43(62)19-20-44(61)63/h13-14,16-17,19-20,32-36,40-42,46-49,55H,12,15,18,21-31H2,1-11H3,(H2,54,65)(H,56,66)(H,57,67,68)/t35-,36+,40-,41-,42+,46-,47-,48-,49+/m0/s1. The lowest BCUT2D eigenvalue weighted by atomic mass is 9.87. The maximum absolute atomic E-state index is 14.5. The van der Waals surface area contributed by atoms with Crippen molar-refractivity contribution in [1.82, 2.24) is 35.2 Å². The molecule has 0 spiro atoms. The van der Waals surface area contributed by atoms with Crippen molar-refractivity contribution in [1.29, 1.82) is 0 Å². The Bertz CT molecular complexity index is 2150. The summed E-state index contributed by atoms with van der Waals surface area (Å²) < 4.78 is 28.9. The normalized spacial score (nSPS) is 18.4. The van der Waals surface area contributed by atoms with E-state index in [4.69, 9.17) is 29.4 Å². The van der Waals surface area contributed by atoms with Crippen molar-refractivity contribution in [3.63, 3.8) is 0 Å². The number of carbonyl (C=O) groups is 7. The fraction of sp³-hybridized carbons (Fsp3) is 0.679. The summed E-state index contributed by atoms with van der Waals surface area (Å²) in [6, 6.07) is 4.49. The number of hydrogen-bond acceptors (Lipinski definition) is 14. The van der Waals surface area contributed by atoms with Crippen LogP contribution in [0.15, 0.2) is 42.6 Å². The van der Waals surface area contributed by atoms with Gasteiger partial charge in [-0.15, -0.1) is 0 Å². The van der Waals surface area contributed by atoms with Gasteiger partial charge in [-0.2, -0.15) is 0 Å². The first-order valence-corrected chi connectivity index (χ1v) is 25.8. The number of likely N-dealkylation sites (N-methyl/N-ethyl adjacent to an activating group) is 2. The number of likely N-dealkylation sites (tertiary alicyclic amines) is 1. The minimum absolute atomic E-state index is 0.00273. The smallest absolute Gasteiger partial charge is 0.253 e. The molecule has 9 atom stereocenters. The molecule has 3 heterocycles. The average Bonchev–Trinajstić information content (AvgIpc) is 4.08. The number of nitrogens with two attached hydrogens (primary N) is 1. The Labute approximate surface area is 431 Å². The highest BCUT2D eigenvalue weighted by atomic mass is 16.5. The molecule has 20 nitrogen and oxygen atoms in total. The number of rotatable bonds is 33. The van der Waals surface area contributed by atoms with Gasteiger partial charge in [-0.25, -0.2) is 0 Å². The number of aromatic nitrogens is 1. The van der Waals surface area contributed by atoms with E-state index >= 15 is 0 Å². The molecule has 2 aromatic rings. The lowest BCUT2D eigenvalue weighted by Gasteiger charge is -2.43. The Morgan fingerprint density at radius 1 is 0.822 bits per heavy atom. The van der Waals surface area contributed by atoms with Crippen molar-refractivity contribution in [2.75, 3.05) is 87.6 Å². The maximum Gasteiger partial charge on any atom is 0.253 e. The van der Waals surface area contributed by atoms with Gasteiger partial charge in [-0.1, -0.05) is 73.1 Å². The average molecular weight is 1030 g/mol. The zero-order valence-corrected chi connectivity index (χ0v) is 45.1. The van der Waals surface area contributed by atoms with Crippen molar-refractivity contribution in [3.8, 4) is 0 Å². The molecule has 1 aromatic carbocycles. The number of aromatic amines is 1. The quantitative estimate of drug-likeness (QED) is 0.0594. The van der Waals surface area contributed by atoms with Gasteiger partial charge in [0.1, 0.15) is 6.04 Å². The monoisotopic (exact) mass is 1020 g/mol. The van der Waals surface area contributed by atoms with Gasteiger partial charge >= 0.3 is 0 Å². The lowest BCUT2D eigenvalue weighted by molar-refractivity contribution is -0.144. The van der Waals surface area contributed by atoms with Gasteiger partial charge < -0.3 is 44.6 Å². The van der Waals surface area contributed by atoms with Crippen LogP contribution >= 0.6 is 0 Å². The van der Waals surface area contributed by atoms with Crippen LogP contribution in [0.3, 0.4) is 0 Å². The first-order valence-electron chi connectivity index (χ1n) is 25.8. The summed E-state index contributed by atoms with van der Waals surface area (Å²) in [7, 11) is 6.75. The number of para-hydroxylation sites is 1. The summed E-state index contributed by atoms with van der Waals surface area (Å²) in [5, 5.41) is 6.53. The minimum atomic E-state index is -0.971. The zero-order valence-electron chi connectivity index (χ0n) is 45.1. The van der Waals surface area contributed by atoms with Crippen LogP contribution in [0, 0.1) is 23.7 Å². The van der Waals surface area contributed by atoms with Crippen LogP contribution in [0.25, 0.3) is 10.9 Å². The predicted molar refractivity (Wildman–Crippen MR) is 276 cm³/mol. The molecular weight excluding hydrogens is 941 g/mol. The molecule has 0 radical (unpaired) electrons. The number of hydrogen-bond donors (Lipinski definition) is 4. The summed E-state index contributed by atoms with van der Waals surface area (Å²) in [5.41, 5.74) is 7.57. The van der Waals surface area contributed by atoms with E-state index in [1.54, 1.807) is 18.9 Å². The summed E-state index contributed by atoms with van der Waals surface area (Å²) in [6.07, 6.45) is 5.18. The van der Waals surface area contributed by atoms with Crippen molar-refractivity contribution in [2.45, 2.75) is 123 Å². The third kappa shape index (κ3) is 16.7. The number of imide groups is 2. The van der Waals surface area contributed by atoms with Crippen LogP contribution in [0.4, 0.5) is 0 Å². The lowest BCUT2D eigenvalue weighted by Crippen LogP contribution is -2.60. The van der Waals surface area contributed by atoms with Gasteiger partial charge in [0.2, 0.25) is 29.5 Å². The number of nitrogens with zero attached hydrogens (tertiary/aromatic N) is 4. The summed E-state index contributed by atoms with van der Waals surface area (Å²) in [4.78, 5) is 102. The molecule has 4 rings (SSSR count). The van der Waals surface area contributed by atoms with Crippen molar-refractivity contribution < 1.29 is 57.2 Å². The number of methoxy groups -OCH3 is 2. The molecule has 0 bridgehead atoms. The van der Waals surface area contributed by atoms with E-state index in [1.807, 2.05) is 89.0 Å². The number of benzene rings is 1. The molecule has 0 unspecified atom stereocenters. The maximum atomic E-state index is 14.5. The van der Waals surface area contributed by atoms with Crippen LogP contribution in [-0.4, -0.2) is 196 Å². The largest absolute Gasteiger partial charge is 0.379 e. The van der Waals surface area contributed by atoms with E-state index in [-0.39, 0.29) is 61.5 Å². The highest BCUT2D eigenvalue weighted by Gasteiger charge is 2.44. The third-order valence-electron chi connectivity index (χ3n) is 14.3. The zero-order chi connectivity index (χ0) is 53.9. The van der Waals surface area contributed by atoms with Gasteiger partial charge in [0.25, 0.3) is 11.8 Å². The molecule has 1 fully saturated rings. The number of amides is 7. The summed E-state index contributed by atoms with van der Waals surface area (Å²) in [5.74, 6) is -3.96. The topological polar surface area (TPSA) is 244 Å². The molecule has 5 N–H and O–H groups in total. The van der Waals surface area contributed by atoms with Crippen LogP contribution in [0.5, 0.6) is 0 Å². The van der Waals surface area contributed by atoms with Crippen LogP contribution in [0.1, 0.15) is 79.7 Å². The molecule has 1 aromatic heterocycles. The van der Waals surface area contributed by atoms with E-state index in [1.165, 1.54) is 19.3 Å². The predicted octanol–water partition coefficient (Wildman–Crippen LogP) is 2.67. The van der Waals surface area contributed by atoms with E-state index in [9.17, 15) is 33.6 Å². The van der Waals surface area contributed by atoms with Crippen molar-refractivity contribution in [3.05, 3.63) is 48.2 Å². The number of carbonyl (C=O) groups excluding carboxylic acids is 7. The SMILES string of the molecule is CC[C@H](C)[C@@H]([C@@H](CC(=O)N1CCC[C@H]1[C@H](OC)[C@@H](C)C(=O)N[C@@H](Cc1c[nH]c2ccccc12)C(N)=O)OC)N(C)[C@H](C(=O)NC(=O)[C@H](C(C)C)N(C)CCOCCOCCOCCN1C(=O)C=CC1=O)C(C)C. The first kappa shape index (κ1) is 60.5. The van der Waals surface area contributed by atoms with E-state index in [0.717, 1.165) is 27.8 Å². The molecule has 408 valence electrons. The van der Waals surface area contributed by atoms with Crippen molar-refractivity contribution >= 4 is 52.3 Å². The fourth-order valence-corrected chi connectivity index (χ4v) is 10.4. The van der Waals surface area contributed by atoms with Gasteiger partial charge in [0.05, 0.1) is 88.9 Å². The molecule has 7 amide bonds. The van der Waals surface area contributed by atoms with Crippen LogP contribution in [0.2, 0.25) is 0 Å². The number of ether oxygens (including phenoxy) is 5. The fourth-order valence-electron chi connectivity index (χ4n) is 10.4. The van der Waals surface area contributed by atoms with Gasteiger partial charge in [-0.3, -0.25) is 53.6 Å². The second-order valence-electron chi connectivity index (χ2n) is 20.0. The Morgan fingerprint density at radius 2 is 1.42 bits per heavy atom. The summed E-state index contributed by atoms with van der Waals surface area (Å²) in [6.45, 7) is 16.4. The molecule has 0 aliphatic carbocycles. The van der Waals surface area contributed by atoms with Gasteiger partial charge in [-0.05, 0) is 56.3 Å². The second kappa shape index (κ2) is 29.7. The third-order valence-corrected chi connectivity index (χ3v) is 14.3. The molecule has 20 heteroatoms. The van der Waals surface area contributed by atoms with E-state index in [0.29, 0.717) is 59.0 Å². The summed E-state index contributed by atoms with van der Waals surface area (Å²) >= 11 is 0. The molecule has 2 aliphatic heterocycles. The van der Waals surface area contributed by atoms with Crippen LogP contribution < -0.4 is 16.4 Å². The minimum Gasteiger partial charge on any atom is -0.379 e. The molecule has 0 saturated carbocycles. The Hall–Kier alpha value is -5.09. The molecule has 2 aliphatic rings. The Kier molecular flexibility index (Phi) is 24.6. The highest BCUT2D eigenvalue weighted by molar-refractivity contribution is 6.12. The Morgan fingerprint density at radius 3 is 2.01 bits per heavy atom. The highest BCUT2D eigenvalue weighted by Crippen LogP contribution is 2.31.